The molecule has 0 aliphatic rings. The largest absolute Gasteiger partial charge is 0.394 e. The van der Waals surface area contributed by atoms with Gasteiger partial charge < -0.3 is 10.4 Å². The van der Waals surface area contributed by atoms with Crippen molar-refractivity contribution in [1.29, 1.82) is 0 Å². The first-order valence-corrected chi connectivity index (χ1v) is 7.74. The molecule has 0 saturated carbocycles. The van der Waals surface area contributed by atoms with Gasteiger partial charge in [0.05, 0.1) is 12.3 Å². The number of aliphatic hydroxyl groups is 1. The molecule has 1 aromatic rings. The minimum atomic E-state index is -0.197. The first kappa shape index (κ1) is 17.2. The van der Waals surface area contributed by atoms with E-state index in [1.54, 1.807) is 0 Å². The highest BCUT2D eigenvalue weighted by Crippen LogP contribution is 2.17. The summed E-state index contributed by atoms with van der Waals surface area (Å²) < 4.78 is 2.11. The zero-order valence-electron chi connectivity index (χ0n) is 14.0. The first-order valence-electron chi connectivity index (χ1n) is 7.74. The zero-order chi connectivity index (χ0) is 15.3. The molecule has 0 aliphatic carbocycles. The number of hydrogen-bond donors (Lipinski definition) is 2. The van der Waals surface area contributed by atoms with Crippen LogP contribution in [0.15, 0.2) is 0 Å². The van der Waals surface area contributed by atoms with Crippen LogP contribution in [0.25, 0.3) is 0 Å². The molecule has 20 heavy (non-hydrogen) atoms. The topological polar surface area (TPSA) is 50.1 Å². The SMILES string of the molecule is CCc1c(C)nn(CCCC(C)(CO)NC(C)C)c1C. The molecule has 0 aromatic carbocycles. The molecule has 1 aromatic heterocycles. The zero-order valence-corrected chi connectivity index (χ0v) is 14.0. The second kappa shape index (κ2) is 7.23. The quantitative estimate of drug-likeness (QED) is 0.770. The summed E-state index contributed by atoms with van der Waals surface area (Å²) in [5.41, 5.74) is 3.61. The Balaban J connectivity index is 2.59. The summed E-state index contributed by atoms with van der Waals surface area (Å²) in [4.78, 5) is 0. The second-order valence-electron chi connectivity index (χ2n) is 6.35. The van der Waals surface area contributed by atoms with Crippen molar-refractivity contribution in [1.82, 2.24) is 15.1 Å². The third-order valence-corrected chi connectivity index (χ3v) is 3.97. The van der Waals surface area contributed by atoms with Crippen LogP contribution in [0.3, 0.4) is 0 Å². The number of nitrogens with zero attached hydrogens (tertiary/aromatic N) is 2. The number of nitrogens with one attached hydrogen (secondary N) is 1. The summed E-state index contributed by atoms with van der Waals surface area (Å²) in [5.74, 6) is 0. The van der Waals surface area contributed by atoms with Crippen molar-refractivity contribution in [2.45, 2.75) is 78.9 Å². The van der Waals surface area contributed by atoms with Crippen molar-refractivity contribution in [2.24, 2.45) is 0 Å². The predicted molar refractivity (Wildman–Crippen MR) is 84.1 cm³/mol. The van der Waals surface area contributed by atoms with Crippen molar-refractivity contribution in [3.8, 4) is 0 Å². The van der Waals surface area contributed by atoms with Crippen LogP contribution in [-0.4, -0.2) is 33.1 Å². The van der Waals surface area contributed by atoms with Gasteiger partial charge in [0.1, 0.15) is 0 Å². The van der Waals surface area contributed by atoms with Crippen molar-refractivity contribution < 1.29 is 5.11 Å². The number of aliphatic hydroxyl groups excluding tert-OH is 1. The van der Waals surface area contributed by atoms with E-state index in [0.29, 0.717) is 6.04 Å². The Morgan fingerprint density at radius 2 is 2.00 bits per heavy atom. The van der Waals surface area contributed by atoms with Crippen molar-refractivity contribution >= 4 is 0 Å². The third kappa shape index (κ3) is 4.32. The van der Waals surface area contributed by atoms with Crippen molar-refractivity contribution in [2.75, 3.05) is 6.61 Å². The summed E-state index contributed by atoms with van der Waals surface area (Å²) in [7, 11) is 0. The number of rotatable bonds is 8. The fourth-order valence-corrected chi connectivity index (χ4v) is 2.98. The van der Waals surface area contributed by atoms with Gasteiger partial charge in [-0.05, 0) is 45.6 Å². The highest BCUT2D eigenvalue weighted by atomic mass is 16.3. The Kier molecular flexibility index (Phi) is 6.21. The molecule has 0 bridgehead atoms. The lowest BCUT2D eigenvalue weighted by atomic mass is 9.96. The molecule has 0 fully saturated rings. The van der Waals surface area contributed by atoms with E-state index in [4.69, 9.17) is 0 Å². The van der Waals surface area contributed by atoms with E-state index < -0.39 is 0 Å². The summed E-state index contributed by atoms with van der Waals surface area (Å²) in [6.07, 6.45) is 3.00. The van der Waals surface area contributed by atoms with Crippen molar-refractivity contribution in [3.05, 3.63) is 17.0 Å². The van der Waals surface area contributed by atoms with Crippen LogP contribution in [-0.2, 0) is 13.0 Å². The van der Waals surface area contributed by atoms with Gasteiger partial charge in [-0.2, -0.15) is 5.10 Å². The van der Waals surface area contributed by atoms with Gasteiger partial charge in [-0.1, -0.05) is 20.8 Å². The van der Waals surface area contributed by atoms with Crippen molar-refractivity contribution in [3.63, 3.8) is 0 Å². The fraction of sp³-hybridized carbons (Fsp3) is 0.812. The number of aromatic nitrogens is 2. The van der Waals surface area contributed by atoms with E-state index >= 15 is 0 Å². The lowest BCUT2D eigenvalue weighted by Gasteiger charge is -2.31. The maximum atomic E-state index is 9.59. The van der Waals surface area contributed by atoms with E-state index in [1.807, 2.05) is 0 Å². The van der Waals surface area contributed by atoms with Gasteiger partial charge in [-0.15, -0.1) is 0 Å². The molecule has 1 heterocycles. The lowest BCUT2D eigenvalue weighted by molar-refractivity contribution is 0.153. The van der Waals surface area contributed by atoms with Crippen LogP contribution in [0.4, 0.5) is 0 Å². The first-order chi connectivity index (χ1) is 9.33. The molecule has 116 valence electrons. The average Bonchev–Trinajstić information content (AvgIpc) is 2.63. The van der Waals surface area contributed by atoms with Gasteiger partial charge in [0.15, 0.2) is 0 Å². The number of hydrogen-bond acceptors (Lipinski definition) is 3. The fourth-order valence-electron chi connectivity index (χ4n) is 2.98. The highest BCUT2D eigenvalue weighted by molar-refractivity contribution is 5.24. The molecule has 0 amide bonds. The molecule has 4 nitrogen and oxygen atoms in total. The Bertz CT molecular complexity index is 426. The molecule has 1 atom stereocenters. The maximum Gasteiger partial charge on any atom is 0.0628 e. The van der Waals surface area contributed by atoms with E-state index in [9.17, 15) is 5.11 Å². The normalized spacial score (nSPS) is 14.8. The highest BCUT2D eigenvalue weighted by Gasteiger charge is 2.23. The van der Waals surface area contributed by atoms with Gasteiger partial charge in [0.2, 0.25) is 0 Å². The van der Waals surface area contributed by atoms with E-state index in [0.717, 1.165) is 31.5 Å². The minimum Gasteiger partial charge on any atom is -0.394 e. The standard InChI is InChI=1S/C16H31N3O/c1-7-15-13(4)18-19(14(15)5)10-8-9-16(6,11-20)17-12(2)3/h12,17,20H,7-11H2,1-6H3. The van der Waals surface area contributed by atoms with Gasteiger partial charge in [-0.25, -0.2) is 0 Å². The van der Waals surface area contributed by atoms with E-state index in [-0.39, 0.29) is 12.1 Å². The summed E-state index contributed by atoms with van der Waals surface area (Å²) >= 11 is 0. The Morgan fingerprint density at radius 1 is 1.35 bits per heavy atom. The monoisotopic (exact) mass is 281 g/mol. The summed E-state index contributed by atoms with van der Waals surface area (Å²) in [6.45, 7) is 13.8. The van der Waals surface area contributed by atoms with Crippen LogP contribution in [0.1, 0.15) is 57.5 Å². The summed E-state index contributed by atoms with van der Waals surface area (Å²) in [6, 6.07) is 0.382. The second-order valence-corrected chi connectivity index (χ2v) is 6.35. The smallest absolute Gasteiger partial charge is 0.0628 e. The Hall–Kier alpha value is -0.870. The molecule has 0 spiro atoms. The van der Waals surface area contributed by atoms with E-state index in [1.165, 1.54) is 11.3 Å². The van der Waals surface area contributed by atoms with Gasteiger partial charge >= 0.3 is 0 Å². The summed E-state index contributed by atoms with van der Waals surface area (Å²) in [5, 5.41) is 17.7. The van der Waals surface area contributed by atoms with Crippen LogP contribution >= 0.6 is 0 Å². The predicted octanol–water partition coefficient (Wildman–Crippen LogP) is 2.59. The van der Waals surface area contributed by atoms with Crippen LogP contribution in [0, 0.1) is 13.8 Å². The lowest BCUT2D eigenvalue weighted by Crippen LogP contribution is -2.49. The molecule has 4 heteroatoms. The third-order valence-electron chi connectivity index (χ3n) is 3.97. The van der Waals surface area contributed by atoms with Crippen LogP contribution < -0.4 is 5.32 Å². The van der Waals surface area contributed by atoms with Crippen LogP contribution in [0.5, 0.6) is 0 Å². The van der Waals surface area contributed by atoms with Crippen LogP contribution in [0.2, 0.25) is 0 Å². The molecule has 0 aliphatic heterocycles. The molecule has 2 N–H and O–H groups in total. The molecule has 1 rings (SSSR count). The number of aryl methyl sites for hydroxylation is 2. The molecular weight excluding hydrogens is 250 g/mol. The molecule has 1 unspecified atom stereocenters. The maximum absolute atomic E-state index is 9.59. The molecule has 0 saturated heterocycles. The van der Waals surface area contributed by atoms with E-state index in [2.05, 4.69) is 56.6 Å². The van der Waals surface area contributed by atoms with Gasteiger partial charge in [0, 0.05) is 23.8 Å². The average molecular weight is 281 g/mol. The Labute approximate surface area is 123 Å². The molecule has 0 radical (unpaired) electrons. The Morgan fingerprint density at radius 3 is 2.45 bits per heavy atom. The van der Waals surface area contributed by atoms with Gasteiger partial charge in [-0.3, -0.25) is 4.68 Å². The van der Waals surface area contributed by atoms with Gasteiger partial charge in [0.25, 0.3) is 0 Å². The molecular formula is C16H31N3O. The minimum absolute atomic E-state index is 0.169.